The predicted molar refractivity (Wildman–Crippen MR) is 75.9 cm³/mol. The number of nitrogens with one attached hydrogen (secondary N) is 2. The van der Waals surface area contributed by atoms with Gasteiger partial charge in [-0.25, -0.2) is 0 Å². The molecular weight excluding hydrogens is 248 g/mol. The number of halogens is 1. The minimum atomic E-state index is -0.102. The molecule has 0 saturated carbocycles. The number of aliphatic hydroxyl groups excluding tert-OH is 1. The van der Waals surface area contributed by atoms with Crippen LogP contribution in [-0.2, 0) is 6.54 Å². The van der Waals surface area contributed by atoms with Gasteiger partial charge in [0.15, 0.2) is 0 Å². The summed E-state index contributed by atoms with van der Waals surface area (Å²) in [5.74, 6) is 0. The third kappa shape index (κ3) is 2.86. The second-order valence-electron chi connectivity index (χ2n) is 5.17. The maximum Gasteiger partial charge on any atom is 0.0705 e. The van der Waals surface area contributed by atoms with Gasteiger partial charge in [-0.2, -0.15) is 0 Å². The van der Waals surface area contributed by atoms with Crippen LogP contribution in [0.25, 0.3) is 10.9 Å². The van der Waals surface area contributed by atoms with E-state index in [-0.39, 0.29) is 12.1 Å². The van der Waals surface area contributed by atoms with Crippen molar-refractivity contribution < 1.29 is 5.11 Å². The van der Waals surface area contributed by atoms with E-state index in [1.807, 2.05) is 24.3 Å². The standard InChI is InChI=1S/C14H19ClN2O/c1-14(2,7-8-18)16-9-12-13(15)10-5-3-4-6-11(10)17-12/h3-6,16-18H,7-9H2,1-2H3. The van der Waals surface area contributed by atoms with Crippen molar-refractivity contribution in [2.24, 2.45) is 0 Å². The van der Waals surface area contributed by atoms with E-state index in [2.05, 4.69) is 24.1 Å². The zero-order chi connectivity index (χ0) is 13.2. The molecule has 2 rings (SSSR count). The molecule has 1 heterocycles. The molecule has 0 aliphatic rings. The summed E-state index contributed by atoms with van der Waals surface area (Å²) in [4.78, 5) is 3.32. The second-order valence-corrected chi connectivity index (χ2v) is 5.55. The molecule has 0 aliphatic carbocycles. The van der Waals surface area contributed by atoms with Gasteiger partial charge in [-0.15, -0.1) is 0 Å². The summed E-state index contributed by atoms with van der Waals surface area (Å²) in [6.07, 6.45) is 0.713. The average molecular weight is 267 g/mol. The minimum absolute atomic E-state index is 0.102. The molecule has 1 aromatic heterocycles. The maximum absolute atomic E-state index is 8.99. The monoisotopic (exact) mass is 266 g/mol. The molecule has 18 heavy (non-hydrogen) atoms. The third-order valence-corrected chi connectivity index (χ3v) is 3.63. The first-order valence-electron chi connectivity index (χ1n) is 6.14. The van der Waals surface area contributed by atoms with Gasteiger partial charge in [0.1, 0.15) is 0 Å². The van der Waals surface area contributed by atoms with Crippen LogP contribution in [0, 0.1) is 0 Å². The molecule has 0 fully saturated rings. The SMILES string of the molecule is CC(C)(CCO)NCc1[nH]c2ccccc2c1Cl. The molecule has 3 nitrogen and oxygen atoms in total. The van der Waals surface area contributed by atoms with E-state index in [0.29, 0.717) is 13.0 Å². The van der Waals surface area contributed by atoms with Crippen LogP contribution in [-0.4, -0.2) is 22.2 Å². The molecule has 0 bridgehead atoms. The van der Waals surface area contributed by atoms with Crippen LogP contribution in [0.2, 0.25) is 5.02 Å². The van der Waals surface area contributed by atoms with Crippen molar-refractivity contribution in [1.29, 1.82) is 0 Å². The van der Waals surface area contributed by atoms with E-state index in [0.717, 1.165) is 21.6 Å². The first-order chi connectivity index (χ1) is 8.53. The maximum atomic E-state index is 8.99. The van der Waals surface area contributed by atoms with Crippen LogP contribution in [0.3, 0.4) is 0 Å². The van der Waals surface area contributed by atoms with Crippen LogP contribution in [0.1, 0.15) is 26.0 Å². The quantitative estimate of drug-likeness (QED) is 0.779. The van der Waals surface area contributed by atoms with E-state index in [1.54, 1.807) is 0 Å². The molecular formula is C14H19ClN2O. The lowest BCUT2D eigenvalue weighted by atomic mass is 10.0. The van der Waals surface area contributed by atoms with E-state index in [9.17, 15) is 0 Å². The minimum Gasteiger partial charge on any atom is -0.396 e. The average Bonchev–Trinajstić information content (AvgIpc) is 2.65. The van der Waals surface area contributed by atoms with Crippen molar-refractivity contribution in [3.05, 3.63) is 35.0 Å². The molecule has 0 amide bonds. The highest BCUT2D eigenvalue weighted by Crippen LogP contribution is 2.27. The van der Waals surface area contributed by atoms with Crippen molar-refractivity contribution in [3.8, 4) is 0 Å². The summed E-state index contributed by atoms with van der Waals surface area (Å²) in [6.45, 7) is 4.99. The third-order valence-electron chi connectivity index (χ3n) is 3.19. The van der Waals surface area contributed by atoms with Crippen molar-refractivity contribution >= 4 is 22.5 Å². The van der Waals surface area contributed by atoms with Crippen LogP contribution in [0.4, 0.5) is 0 Å². The molecule has 2 aromatic rings. The normalized spacial score (nSPS) is 12.2. The van der Waals surface area contributed by atoms with E-state index in [1.165, 1.54) is 0 Å². The highest BCUT2D eigenvalue weighted by atomic mass is 35.5. The lowest BCUT2D eigenvalue weighted by molar-refractivity contribution is 0.230. The Kier molecular flexibility index (Phi) is 3.95. The Hall–Kier alpha value is -1.03. The summed E-state index contributed by atoms with van der Waals surface area (Å²) < 4.78 is 0. The number of hydrogen-bond donors (Lipinski definition) is 3. The summed E-state index contributed by atoms with van der Waals surface area (Å²) in [5, 5.41) is 14.2. The molecule has 0 saturated heterocycles. The Bertz CT molecular complexity index is 534. The zero-order valence-corrected chi connectivity index (χ0v) is 11.5. The van der Waals surface area contributed by atoms with Crippen molar-refractivity contribution in [2.75, 3.05) is 6.61 Å². The van der Waals surface area contributed by atoms with Gasteiger partial charge in [0.05, 0.1) is 5.02 Å². The van der Waals surface area contributed by atoms with Gasteiger partial charge in [-0.1, -0.05) is 29.8 Å². The molecule has 3 N–H and O–H groups in total. The number of aromatic nitrogens is 1. The number of aliphatic hydroxyl groups is 1. The number of hydrogen-bond acceptors (Lipinski definition) is 2. The molecule has 1 aromatic carbocycles. The van der Waals surface area contributed by atoms with Crippen molar-refractivity contribution in [2.45, 2.75) is 32.4 Å². The fourth-order valence-corrected chi connectivity index (χ4v) is 2.26. The van der Waals surface area contributed by atoms with Crippen LogP contribution >= 0.6 is 11.6 Å². The summed E-state index contributed by atoms with van der Waals surface area (Å²) in [6, 6.07) is 8.00. The van der Waals surface area contributed by atoms with Crippen LogP contribution in [0.5, 0.6) is 0 Å². The Morgan fingerprint density at radius 1 is 1.33 bits per heavy atom. The van der Waals surface area contributed by atoms with E-state index < -0.39 is 0 Å². The van der Waals surface area contributed by atoms with Gasteiger partial charge in [0.25, 0.3) is 0 Å². The first kappa shape index (κ1) is 13.4. The summed E-state index contributed by atoms with van der Waals surface area (Å²) in [5.41, 5.74) is 1.94. The molecule has 0 unspecified atom stereocenters. The zero-order valence-electron chi connectivity index (χ0n) is 10.8. The Balaban J connectivity index is 2.15. The Labute approximate surface area is 112 Å². The lowest BCUT2D eigenvalue weighted by Crippen LogP contribution is -2.39. The number of benzene rings is 1. The summed E-state index contributed by atoms with van der Waals surface area (Å²) in [7, 11) is 0. The van der Waals surface area contributed by atoms with Crippen LogP contribution < -0.4 is 5.32 Å². The smallest absolute Gasteiger partial charge is 0.0705 e. The molecule has 0 aliphatic heterocycles. The topological polar surface area (TPSA) is 48.0 Å². The van der Waals surface area contributed by atoms with Gasteiger partial charge in [-0.05, 0) is 26.3 Å². The molecule has 0 radical (unpaired) electrons. The van der Waals surface area contributed by atoms with Gasteiger partial charge in [-0.3, -0.25) is 0 Å². The predicted octanol–water partition coefficient (Wildman–Crippen LogP) is 3.07. The molecule has 0 atom stereocenters. The number of fused-ring (bicyclic) bond motifs is 1. The number of para-hydroxylation sites is 1. The highest BCUT2D eigenvalue weighted by Gasteiger charge is 2.17. The number of H-pyrrole nitrogens is 1. The molecule has 98 valence electrons. The second kappa shape index (κ2) is 5.31. The Morgan fingerprint density at radius 2 is 2.06 bits per heavy atom. The fourth-order valence-electron chi connectivity index (χ4n) is 1.98. The van der Waals surface area contributed by atoms with Gasteiger partial charge in [0, 0.05) is 35.3 Å². The van der Waals surface area contributed by atoms with Gasteiger partial charge >= 0.3 is 0 Å². The van der Waals surface area contributed by atoms with E-state index >= 15 is 0 Å². The lowest BCUT2D eigenvalue weighted by Gasteiger charge is -2.25. The number of rotatable bonds is 5. The first-order valence-corrected chi connectivity index (χ1v) is 6.52. The number of aromatic amines is 1. The van der Waals surface area contributed by atoms with Gasteiger partial charge in [0.2, 0.25) is 0 Å². The van der Waals surface area contributed by atoms with Gasteiger partial charge < -0.3 is 15.4 Å². The van der Waals surface area contributed by atoms with Crippen LogP contribution in [0.15, 0.2) is 24.3 Å². The van der Waals surface area contributed by atoms with Crippen molar-refractivity contribution in [1.82, 2.24) is 10.3 Å². The van der Waals surface area contributed by atoms with Crippen molar-refractivity contribution in [3.63, 3.8) is 0 Å². The fraction of sp³-hybridized carbons (Fsp3) is 0.429. The van der Waals surface area contributed by atoms with E-state index in [4.69, 9.17) is 16.7 Å². The molecule has 4 heteroatoms. The summed E-state index contributed by atoms with van der Waals surface area (Å²) >= 11 is 6.34. The Morgan fingerprint density at radius 3 is 2.72 bits per heavy atom. The molecule has 0 spiro atoms. The highest BCUT2D eigenvalue weighted by molar-refractivity contribution is 6.36. The largest absolute Gasteiger partial charge is 0.396 e.